The molecule has 1 heterocycles. The van der Waals surface area contributed by atoms with Crippen LogP contribution in [0.3, 0.4) is 0 Å². The van der Waals surface area contributed by atoms with Crippen molar-refractivity contribution in [3.63, 3.8) is 0 Å². The SMILES string of the molecule is CC(C)(O)CNC(=O)c1ccc([N+](=O)[O-])s1. The molecule has 16 heavy (non-hydrogen) atoms. The molecule has 0 bridgehead atoms. The van der Waals surface area contributed by atoms with E-state index in [0.717, 1.165) is 11.3 Å². The van der Waals surface area contributed by atoms with Gasteiger partial charge in [-0.25, -0.2) is 0 Å². The molecule has 0 fully saturated rings. The van der Waals surface area contributed by atoms with Gasteiger partial charge in [0, 0.05) is 12.6 Å². The maximum atomic E-state index is 11.5. The van der Waals surface area contributed by atoms with Crippen LogP contribution in [-0.4, -0.2) is 28.1 Å². The first-order chi connectivity index (χ1) is 7.29. The summed E-state index contributed by atoms with van der Waals surface area (Å²) in [5.74, 6) is -0.416. The third-order valence-corrected chi connectivity index (χ3v) is 2.71. The second-order valence-corrected chi connectivity index (χ2v) is 4.95. The molecule has 0 aromatic carbocycles. The van der Waals surface area contributed by atoms with E-state index < -0.39 is 16.4 Å². The van der Waals surface area contributed by atoms with Crippen LogP contribution >= 0.6 is 11.3 Å². The van der Waals surface area contributed by atoms with Crippen LogP contribution in [0, 0.1) is 10.1 Å². The quantitative estimate of drug-likeness (QED) is 0.614. The van der Waals surface area contributed by atoms with Crippen molar-refractivity contribution in [3.8, 4) is 0 Å². The van der Waals surface area contributed by atoms with Crippen molar-refractivity contribution in [1.82, 2.24) is 5.32 Å². The summed E-state index contributed by atoms with van der Waals surface area (Å²) >= 11 is 0.807. The zero-order valence-electron chi connectivity index (χ0n) is 8.89. The average Bonchev–Trinajstić information content (AvgIpc) is 2.61. The number of aliphatic hydroxyl groups is 1. The lowest BCUT2D eigenvalue weighted by atomic mass is 10.1. The van der Waals surface area contributed by atoms with Gasteiger partial charge in [0.25, 0.3) is 5.91 Å². The fourth-order valence-corrected chi connectivity index (χ4v) is 1.67. The third-order valence-electron chi connectivity index (χ3n) is 1.68. The molecule has 0 spiro atoms. The zero-order valence-corrected chi connectivity index (χ0v) is 9.71. The fraction of sp³-hybridized carbons (Fsp3) is 0.444. The normalized spacial score (nSPS) is 11.2. The van der Waals surface area contributed by atoms with Crippen LogP contribution in [0.4, 0.5) is 5.00 Å². The summed E-state index contributed by atoms with van der Waals surface area (Å²) in [6.45, 7) is 3.21. The second kappa shape index (κ2) is 4.58. The Morgan fingerprint density at radius 3 is 2.69 bits per heavy atom. The largest absolute Gasteiger partial charge is 0.389 e. The van der Waals surface area contributed by atoms with Gasteiger partial charge in [0.1, 0.15) is 0 Å². The highest BCUT2D eigenvalue weighted by atomic mass is 32.1. The number of thiophene rings is 1. The minimum absolute atomic E-state index is 0.0755. The number of nitrogens with one attached hydrogen (secondary N) is 1. The van der Waals surface area contributed by atoms with E-state index in [1.165, 1.54) is 12.1 Å². The van der Waals surface area contributed by atoms with Crippen LogP contribution in [0.15, 0.2) is 12.1 Å². The van der Waals surface area contributed by atoms with Gasteiger partial charge < -0.3 is 10.4 Å². The van der Waals surface area contributed by atoms with Crippen LogP contribution in [-0.2, 0) is 0 Å². The monoisotopic (exact) mass is 244 g/mol. The standard InChI is InChI=1S/C9H12N2O4S/c1-9(2,13)5-10-8(12)6-3-4-7(16-6)11(14)15/h3-4,13H,5H2,1-2H3,(H,10,12). The molecule has 1 amide bonds. The van der Waals surface area contributed by atoms with E-state index in [1.807, 2.05) is 0 Å². The molecule has 7 heteroatoms. The fourth-order valence-electron chi connectivity index (χ4n) is 0.932. The minimum Gasteiger partial charge on any atom is -0.389 e. The van der Waals surface area contributed by atoms with Crippen molar-refractivity contribution in [1.29, 1.82) is 0 Å². The lowest BCUT2D eigenvalue weighted by molar-refractivity contribution is -0.380. The summed E-state index contributed by atoms with van der Waals surface area (Å²) in [6, 6.07) is 2.67. The van der Waals surface area contributed by atoms with Gasteiger partial charge in [-0.2, -0.15) is 0 Å². The molecular weight excluding hydrogens is 232 g/mol. The van der Waals surface area contributed by atoms with Crippen LogP contribution < -0.4 is 5.32 Å². The van der Waals surface area contributed by atoms with E-state index >= 15 is 0 Å². The van der Waals surface area contributed by atoms with E-state index in [4.69, 9.17) is 0 Å². The summed E-state index contributed by atoms with van der Waals surface area (Å²) in [5.41, 5.74) is -1.00. The van der Waals surface area contributed by atoms with Crippen molar-refractivity contribution in [3.05, 3.63) is 27.1 Å². The average molecular weight is 244 g/mol. The molecule has 88 valence electrons. The molecule has 0 aliphatic rings. The highest BCUT2D eigenvalue weighted by Gasteiger charge is 2.18. The maximum Gasteiger partial charge on any atom is 0.324 e. The lowest BCUT2D eigenvalue weighted by Gasteiger charge is -2.16. The predicted molar refractivity (Wildman–Crippen MR) is 59.6 cm³/mol. The molecule has 2 N–H and O–H groups in total. The summed E-state index contributed by atoms with van der Waals surface area (Å²) in [7, 11) is 0. The Balaban J connectivity index is 2.63. The first kappa shape index (κ1) is 12.6. The smallest absolute Gasteiger partial charge is 0.324 e. The van der Waals surface area contributed by atoms with Crippen LogP contribution in [0.25, 0.3) is 0 Å². The molecule has 1 rings (SSSR count). The highest BCUT2D eigenvalue weighted by molar-refractivity contribution is 7.17. The van der Waals surface area contributed by atoms with Gasteiger partial charge in [-0.05, 0) is 19.9 Å². The van der Waals surface area contributed by atoms with Gasteiger partial charge in [-0.3, -0.25) is 14.9 Å². The maximum absolute atomic E-state index is 11.5. The van der Waals surface area contributed by atoms with Crippen LogP contribution in [0.1, 0.15) is 23.5 Å². The van der Waals surface area contributed by atoms with Crippen molar-refractivity contribution in [2.45, 2.75) is 19.4 Å². The van der Waals surface area contributed by atoms with Crippen molar-refractivity contribution >= 4 is 22.2 Å². The molecule has 1 aromatic rings. The van der Waals surface area contributed by atoms with Gasteiger partial charge in [0.15, 0.2) is 0 Å². The number of carbonyl (C=O) groups is 1. The van der Waals surface area contributed by atoms with Gasteiger partial charge >= 0.3 is 5.00 Å². The van der Waals surface area contributed by atoms with E-state index in [0.29, 0.717) is 0 Å². The molecule has 0 unspecified atom stereocenters. The number of carbonyl (C=O) groups excluding carboxylic acids is 1. The molecule has 0 saturated carbocycles. The highest BCUT2D eigenvalue weighted by Crippen LogP contribution is 2.23. The number of hydrogen-bond donors (Lipinski definition) is 2. The van der Waals surface area contributed by atoms with E-state index in [2.05, 4.69) is 5.32 Å². The summed E-state index contributed by atoms with van der Waals surface area (Å²) < 4.78 is 0. The molecule has 0 saturated heterocycles. The van der Waals surface area contributed by atoms with E-state index in [-0.39, 0.29) is 16.4 Å². The molecule has 6 nitrogen and oxygen atoms in total. The topological polar surface area (TPSA) is 92.5 Å². The number of nitro groups is 1. The van der Waals surface area contributed by atoms with Gasteiger partial charge in [-0.15, -0.1) is 0 Å². The predicted octanol–water partition coefficient (Wildman–Crippen LogP) is 1.16. The molecule has 0 aliphatic heterocycles. The number of hydrogen-bond acceptors (Lipinski definition) is 5. The van der Waals surface area contributed by atoms with Crippen molar-refractivity contribution < 1.29 is 14.8 Å². The Morgan fingerprint density at radius 1 is 1.62 bits per heavy atom. The number of nitrogens with zero attached hydrogens (tertiary/aromatic N) is 1. The Labute approximate surface area is 96.1 Å². The van der Waals surface area contributed by atoms with Crippen LogP contribution in [0.2, 0.25) is 0 Å². The molecule has 0 aliphatic carbocycles. The Hall–Kier alpha value is -1.47. The molecule has 0 atom stereocenters. The van der Waals surface area contributed by atoms with E-state index in [1.54, 1.807) is 13.8 Å². The molecule has 1 aromatic heterocycles. The zero-order chi connectivity index (χ0) is 12.3. The Kier molecular flexibility index (Phi) is 3.61. The second-order valence-electron chi connectivity index (χ2n) is 3.89. The number of amides is 1. The van der Waals surface area contributed by atoms with Crippen LogP contribution in [0.5, 0.6) is 0 Å². The first-order valence-electron chi connectivity index (χ1n) is 4.54. The molecular formula is C9H12N2O4S. The lowest BCUT2D eigenvalue weighted by Crippen LogP contribution is -2.37. The van der Waals surface area contributed by atoms with Gasteiger partial charge in [0.05, 0.1) is 15.4 Å². The summed E-state index contributed by atoms with van der Waals surface area (Å²) in [6.07, 6.45) is 0. The van der Waals surface area contributed by atoms with Gasteiger partial charge in [-0.1, -0.05) is 11.3 Å². The first-order valence-corrected chi connectivity index (χ1v) is 5.36. The number of rotatable bonds is 4. The third kappa shape index (κ3) is 3.59. The summed E-state index contributed by atoms with van der Waals surface area (Å²) in [5, 5.41) is 22.2. The summed E-state index contributed by atoms with van der Waals surface area (Å²) in [4.78, 5) is 21.6. The van der Waals surface area contributed by atoms with Crippen molar-refractivity contribution in [2.75, 3.05) is 6.54 Å². The Bertz CT molecular complexity index is 408. The minimum atomic E-state index is -1.00. The van der Waals surface area contributed by atoms with Crippen molar-refractivity contribution in [2.24, 2.45) is 0 Å². The Morgan fingerprint density at radius 2 is 2.25 bits per heavy atom. The van der Waals surface area contributed by atoms with Gasteiger partial charge in [0.2, 0.25) is 0 Å². The molecule has 0 radical (unpaired) electrons. The van der Waals surface area contributed by atoms with E-state index in [9.17, 15) is 20.0 Å².